The van der Waals surface area contributed by atoms with Crippen LogP contribution >= 0.6 is 0 Å². The van der Waals surface area contributed by atoms with Crippen LogP contribution in [0.15, 0.2) is 18.2 Å². The highest BCUT2D eigenvalue weighted by Crippen LogP contribution is 2.18. The van der Waals surface area contributed by atoms with Gasteiger partial charge in [0.2, 0.25) is 0 Å². The molecule has 0 aliphatic carbocycles. The van der Waals surface area contributed by atoms with Gasteiger partial charge in [0.25, 0.3) is 5.91 Å². The molecule has 2 rings (SSSR count). The van der Waals surface area contributed by atoms with E-state index in [1.807, 2.05) is 13.0 Å². The third kappa shape index (κ3) is 3.74. The number of esters is 1. The fourth-order valence-corrected chi connectivity index (χ4v) is 2.57. The molecule has 0 unspecified atom stereocenters. The van der Waals surface area contributed by atoms with E-state index in [0.717, 1.165) is 31.5 Å². The molecule has 5 nitrogen and oxygen atoms in total. The monoisotopic (exact) mass is 290 g/mol. The van der Waals surface area contributed by atoms with Crippen LogP contribution in [0.3, 0.4) is 0 Å². The van der Waals surface area contributed by atoms with Crippen molar-refractivity contribution in [3.63, 3.8) is 0 Å². The first kappa shape index (κ1) is 15.4. The lowest BCUT2D eigenvalue weighted by Crippen LogP contribution is -2.41. The topological polar surface area (TPSA) is 72.6 Å². The van der Waals surface area contributed by atoms with Crippen molar-refractivity contribution in [2.45, 2.75) is 26.7 Å². The van der Waals surface area contributed by atoms with Crippen LogP contribution in [0.1, 0.15) is 35.7 Å². The Bertz CT molecular complexity index is 542. The zero-order valence-corrected chi connectivity index (χ0v) is 12.6. The van der Waals surface area contributed by atoms with E-state index in [2.05, 4.69) is 6.92 Å². The molecule has 1 aliphatic rings. The van der Waals surface area contributed by atoms with E-state index in [9.17, 15) is 9.59 Å². The van der Waals surface area contributed by atoms with Gasteiger partial charge in [-0.05, 0) is 37.3 Å². The number of likely N-dealkylation sites (tertiary alicyclic amines) is 1. The summed E-state index contributed by atoms with van der Waals surface area (Å²) in [5.41, 5.74) is 7.39. The summed E-state index contributed by atoms with van der Waals surface area (Å²) in [6, 6.07) is 5.18. The summed E-state index contributed by atoms with van der Waals surface area (Å²) in [5, 5.41) is 0. The van der Waals surface area contributed by atoms with Gasteiger partial charge in [-0.1, -0.05) is 19.1 Å². The average Bonchev–Trinajstić information content (AvgIpc) is 2.47. The molecule has 0 saturated carbocycles. The molecule has 114 valence electrons. The van der Waals surface area contributed by atoms with Gasteiger partial charge >= 0.3 is 5.97 Å². The second-order valence-corrected chi connectivity index (χ2v) is 5.70. The number of nitrogens with two attached hydrogens (primary N) is 1. The number of piperidine rings is 1. The molecule has 2 N–H and O–H groups in total. The largest absolute Gasteiger partial charge is 0.452 e. The first-order valence-corrected chi connectivity index (χ1v) is 7.29. The van der Waals surface area contributed by atoms with E-state index < -0.39 is 5.97 Å². The maximum Gasteiger partial charge on any atom is 0.340 e. The van der Waals surface area contributed by atoms with Gasteiger partial charge in [-0.3, -0.25) is 4.79 Å². The second kappa shape index (κ2) is 6.61. The summed E-state index contributed by atoms with van der Waals surface area (Å²) in [5.74, 6) is -0.179. The van der Waals surface area contributed by atoms with E-state index in [1.165, 1.54) is 0 Å². The summed E-state index contributed by atoms with van der Waals surface area (Å²) in [6.45, 7) is 5.21. The first-order valence-electron chi connectivity index (χ1n) is 7.29. The van der Waals surface area contributed by atoms with Crippen LogP contribution in [0.4, 0.5) is 5.69 Å². The number of anilines is 1. The molecule has 1 aromatic carbocycles. The van der Waals surface area contributed by atoms with Crippen molar-refractivity contribution in [2.75, 3.05) is 25.4 Å². The number of nitrogens with zero attached hydrogens (tertiary/aromatic N) is 1. The van der Waals surface area contributed by atoms with E-state index in [-0.39, 0.29) is 12.5 Å². The van der Waals surface area contributed by atoms with Crippen molar-refractivity contribution >= 4 is 17.6 Å². The molecule has 5 heteroatoms. The summed E-state index contributed by atoms with van der Waals surface area (Å²) in [4.78, 5) is 25.8. The number of carbonyl (C=O) groups is 2. The minimum atomic E-state index is -0.547. The van der Waals surface area contributed by atoms with Crippen LogP contribution in [-0.2, 0) is 9.53 Å². The molecular weight excluding hydrogens is 268 g/mol. The summed E-state index contributed by atoms with van der Waals surface area (Å²) < 4.78 is 5.10. The first-order chi connectivity index (χ1) is 9.99. The molecule has 21 heavy (non-hydrogen) atoms. The number of hydrogen-bond acceptors (Lipinski definition) is 4. The summed E-state index contributed by atoms with van der Waals surface area (Å²) >= 11 is 0. The number of ether oxygens (including phenoxy) is 1. The Labute approximate surface area is 125 Å². The van der Waals surface area contributed by atoms with E-state index in [4.69, 9.17) is 10.5 Å². The Morgan fingerprint density at radius 1 is 1.43 bits per heavy atom. The van der Waals surface area contributed by atoms with Crippen molar-refractivity contribution in [1.82, 2.24) is 4.90 Å². The molecule has 1 aliphatic heterocycles. The molecular formula is C16H22N2O3. The van der Waals surface area contributed by atoms with Crippen LogP contribution in [-0.4, -0.2) is 36.5 Å². The molecule has 0 radical (unpaired) electrons. The number of aryl methyl sites for hydroxylation is 1. The molecule has 0 spiro atoms. The molecule has 0 bridgehead atoms. The van der Waals surface area contributed by atoms with Gasteiger partial charge in [0.15, 0.2) is 6.61 Å². The minimum absolute atomic E-state index is 0.138. The van der Waals surface area contributed by atoms with Gasteiger partial charge in [-0.25, -0.2) is 4.79 Å². The predicted octanol–water partition coefficient (Wildman–Crippen LogP) is 1.99. The van der Waals surface area contributed by atoms with Gasteiger partial charge in [0.1, 0.15) is 0 Å². The van der Waals surface area contributed by atoms with Crippen LogP contribution in [0.5, 0.6) is 0 Å². The summed E-state index contributed by atoms with van der Waals surface area (Å²) in [6.07, 6.45) is 2.15. The van der Waals surface area contributed by atoms with Crippen LogP contribution in [0.2, 0.25) is 0 Å². The molecule has 0 aromatic heterocycles. The number of amides is 1. The van der Waals surface area contributed by atoms with Crippen molar-refractivity contribution in [2.24, 2.45) is 5.92 Å². The number of carbonyl (C=O) groups excluding carboxylic acids is 2. The van der Waals surface area contributed by atoms with E-state index in [1.54, 1.807) is 17.0 Å². The van der Waals surface area contributed by atoms with Crippen LogP contribution < -0.4 is 5.73 Å². The number of hydrogen-bond donors (Lipinski definition) is 1. The molecule has 1 heterocycles. The van der Waals surface area contributed by atoms with Gasteiger partial charge in [-0.15, -0.1) is 0 Å². The predicted molar refractivity (Wildman–Crippen MR) is 80.9 cm³/mol. The van der Waals surface area contributed by atoms with E-state index >= 15 is 0 Å². The van der Waals surface area contributed by atoms with Gasteiger partial charge in [0.05, 0.1) is 5.56 Å². The average molecular weight is 290 g/mol. The second-order valence-electron chi connectivity index (χ2n) is 5.70. The highest BCUT2D eigenvalue weighted by Gasteiger charge is 2.22. The normalized spacial score (nSPS) is 18.4. The number of benzene rings is 1. The zero-order chi connectivity index (χ0) is 15.4. The zero-order valence-electron chi connectivity index (χ0n) is 12.6. The molecule has 1 atom stereocenters. The maximum atomic E-state index is 12.0. The van der Waals surface area contributed by atoms with Crippen molar-refractivity contribution in [3.05, 3.63) is 29.3 Å². The van der Waals surface area contributed by atoms with Crippen molar-refractivity contribution in [1.29, 1.82) is 0 Å². The fourth-order valence-electron chi connectivity index (χ4n) is 2.57. The Balaban J connectivity index is 1.91. The Kier molecular flexibility index (Phi) is 4.83. The third-order valence-corrected chi connectivity index (χ3v) is 3.88. The van der Waals surface area contributed by atoms with Crippen molar-refractivity contribution in [3.8, 4) is 0 Å². The number of nitrogen functional groups attached to an aromatic ring is 1. The SMILES string of the molecule is Cc1cccc(C(=O)OCC(=O)N2CCC[C@@H](C)C2)c1N. The Morgan fingerprint density at radius 3 is 2.90 bits per heavy atom. The lowest BCUT2D eigenvalue weighted by molar-refractivity contribution is -0.136. The third-order valence-electron chi connectivity index (χ3n) is 3.88. The quantitative estimate of drug-likeness (QED) is 0.682. The lowest BCUT2D eigenvalue weighted by atomic mass is 10.0. The summed E-state index contributed by atoms with van der Waals surface area (Å²) in [7, 11) is 0. The Hall–Kier alpha value is -2.04. The minimum Gasteiger partial charge on any atom is -0.452 e. The Morgan fingerprint density at radius 2 is 2.19 bits per heavy atom. The maximum absolute atomic E-state index is 12.0. The standard InChI is InChI=1S/C16H22N2O3/c1-11-5-4-8-18(9-11)14(19)10-21-16(20)13-7-3-6-12(2)15(13)17/h3,6-7,11H,4-5,8-10,17H2,1-2H3/t11-/m1/s1. The molecule has 1 aromatic rings. The highest BCUT2D eigenvalue weighted by atomic mass is 16.5. The van der Waals surface area contributed by atoms with Crippen molar-refractivity contribution < 1.29 is 14.3 Å². The highest BCUT2D eigenvalue weighted by molar-refractivity contribution is 5.96. The lowest BCUT2D eigenvalue weighted by Gasteiger charge is -2.30. The fraction of sp³-hybridized carbons (Fsp3) is 0.500. The number of rotatable bonds is 3. The van der Waals surface area contributed by atoms with Crippen LogP contribution in [0, 0.1) is 12.8 Å². The van der Waals surface area contributed by atoms with Gasteiger partial charge in [0, 0.05) is 18.8 Å². The molecule has 1 fully saturated rings. The molecule has 1 amide bonds. The molecule has 1 saturated heterocycles. The van der Waals surface area contributed by atoms with Crippen LogP contribution in [0.25, 0.3) is 0 Å². The van der Waals surface area contributed by atoms with E-state index in [0.29, 0.717) is 17.2 Å². The van der Waals surface area contributed by atoms with Gasteiger partial charge in [-0.2, -0.15) is 0 Å². The van der Waals surface area contributed by atoms with Gasteiger partial charge < -0.3 is 15.4 Å². The number of para-hydroxylation sites is 1. The smallest absolute Gasteiger partial charge is 0.340 e.